The van der Waals surface area contributed by atoms with Gasteiger partial charge in [0.25, 0.3) is 5.56 Å². The van der Waals surface area contributed by atoms with Crippen LogP contribution >= 0.6 is 15.9 Å². The van der Waals surface area contributed by atoms with Crippen LogP contribution < -0.4 is 5.56 Å². The number of pyridine rings is 1. The number of rotatable bonds is 6. The number of sulfonamides is 1. The fourth-order valence-corrected chi connectivity index (χ4v) is 3.40. The van der Waals surface area contributed by atoms with E-state index < -0.39 is 15.6 Å². The molecular formula is C17H20BrN3O4S. The van der Waals surface area contributed by atoms with Crippen molar-refractivity contribution in [1.29, 1.82) is 0 Å². The average molecular weight is 442 g/mol. The van der Waals surface area contributed by atoms with Crippen LogP contribution in [-0.4, -0.2) is 49.2 Å². The van der Waals surface area contributed by atoms with Crippen molar-refractivity contribution in [2.24, 2.45) is 0 Å². The lowest BCUT2D eigenvalue weighted by molar-refractivity contribution is -0.131. The highest BCUT2D eigenvalue weighted by molar-refractivity contribution is 9.10. The van der Waals surface area contributed by atoms with E-state index in [9.17, 15) is 18.0 Å². The fraction of sp³-hybridized carbons (Fsp3) is 0.294. The van der Waals surface area contributed by atoms with Gasteiger partial charge >= 0.3 is 0 Å². The van der Waals surface area contributed by atoms with E-state index in [0.717, 1.165) is 25.0 Å². The summed E-state index contributed by atoms with van der Waals surface area (Å²) in [7, 11) is 0.764. The lowest BCUT2D eigenvalue weighted by Gasteiger charge is -2.18. The van der Waals surface area contributed by atoms with Gasteiger partial charge in [-0.25, -0.2) is 12.7 Å². The lowest BCUT2D eigenvalue weighted by Crippen LogP contribution is -2.34. The van der Waals surface area contributed by atoms with Crippen molar-refractivity contribution in [3.63, 3.8) is 0 Å². The van der Waals surface area contributed by atoms with Gasteiger partial charge in [-0.15, -0.1) is 0 Å². The molecule has 0 aliphatic rings. The Labute approximate surface area is 161 Å². The Morgan fingerprint density at radius 2 is 1.69 bits per heavy atom. The summed E-state index contributed by atoms with van der Waals surface area (Å²) in [4.78, 5) is 25.9. The molecule has 140 valence electrons. The number of carbonyl (C=O) groups is 1. The fourth-order valence-electron chi connectivity index (χ4n) is 2.21. The van der Waals surface area contributed by atoms with Crippen molar-refractivity contribution in [3.8, 4) is 0 Å². The Morgan fingerprint density at radius 1 is 1.08 bits per heavy atom. The molecule has 0 bridgehead atoms. The zero-order valence-electron chi connectivity index (χ0n) is 14.7. The van der Waals surface area contributed by atoms with Gasteiger partial charge in [-0.1, -0.05) is 28.1 Å². The standard InChI is InChI=1S/C17H20BrN3O4S/c1-19(2)26(24,25)15-8-9-16(22)21(11-15)12-17(23)20(3)10-13-4-6-14(18)7-5-13/h4-9,11H,10,12H2,1-3H3. The summed E-state index contributed by atoms with van der Waals surface area (Å²) in [5, 5.41) is 0. The molecule has 7 nitrogen and oxygen atoms in total. The third-order valence-electron chi connectivity index (χ3n) is 3.80. The highest BCUT2D eigenvalue weighted by atomic mass is 79.9. The first-order valence-corrected chi connectivity index (χ1v) is 9.96. The minimum Gasteiger partial charge on any atom is -0.340 e. The third-order valence-corrected chi connectivity index (χ3v) is 6.13. The second-order valence-electron chi connectivity index (χ2n) is 5.99. The molecule has 2 aromatic rings. The quantitative estimate of drug-likeness (QED) is 0.680. The number of benzene rings is 1. The summed E-state index contributed by atoms with van der Waals surface area (Å²) in [6.07, 6.45) is 1.20. The maximum Gasteiger partial charge on any atom is 0.251 e. The van der Waals surface area contributed by atoms with Gasteiger partial charge in [-0.3, -0.25) is 9.59 Å². The number of aromatic nitrogens is 1. The molecule has 26 heavy (non-hydrogen) atoms. The van der Waals surface area contributed by atoms with E-state index in [4.69, 9.17) is 0 Å². The molecule has 1 aromatic heterocycles. The van der Waals surface area contributed by atoms with E-state index >= 15 is 0 Å². The summed E-state index contributed by atoms with van der Waals surface area (Å²) in [5.74, 6) is -0.297. The summed E-state index contributed by atoms with van der Waals surface area (Å²) < 4.78 is 27.5. The third kappa shape index (κ3) is 4.80. The van der Waals surface area contributed by atoms with Gasteiger partial charge in [0.1, 0.15) is 6.54 Å². The molecule has 0 spiro atoms. The minimum absolute atomic E-state index is 0.0366. The molecule has 0 fully saturated rings. The van der Waals surface area contributed by atoms with Crippen molar-refractivity contribution in [3.05, 3.63) is 63.0 Å². The minimum atomic E-state index is -3.68. The zero-order valence-corrected chi connectivity index (χ0v) is 17.1. The summed E-state index contributed by atoms with van der Waals surface area (Å²) >= 11 is 3.35. The van der Waals surface area contributed by atoms with Crippen molar-refractivity contribution < 1.29 is 13.2 Å². The first-order valence-electron chi connectivity index (χ1n) is 7.72. The van der Waals surface area contributed by atoms with Crippen molar-refractivity contribution in [1.82, 2.24) is 13.8 Å². The molecule has 0 aliphatic carbocycles. The van der Waals surface area contributed by atoms with Crippen LogP contribution in [0.5, 0.6) is 0 Å². The van der Waals surface area contributed by atoms with Crippen LogP contribution in [0.15, 0.2) is 56.8 Å². The second-order valence-corrected chi connectivity index (χ2v) is 9.06. The first kappa shape index (κ1) is 20.3. The molecule has 0 N–H and O–H groups in total. The molecule has 2 rings (SSSR count). The van der Waals surface area contributed by atoms with Crippen LogP contribution in [-0.2, 0) is 27.9 Å². The molecule has 9 heteroatoms. The number of carbonyl (C=O) groups excluding carboxylic acids is 1. The largest absolute Gasteiger partial charge is 0.340 e. The molecule has 1 amide bonds. The smallest absolute Gasteiger partial charge is 0.251 e. The molecule has 0 saturated heterocycles. The lowest BCUT2D eigenvalue weighted by atomic mass is 10.2. The summed E-state index contributed by atoms with van der Waals surface area (Å²) in [6.45, 7) is 0.152. The molecule has 0 saturated carbocycles. The number of hydrogen-bond acceptors (Lipinski definition) is 4. The van der Waals surface area contributed by atoms with E-state index in [1.807, 2.05) is 24.3 Å². The maximum absolute atomic E-state index is 12.4. The molecule has 1 aromatic carbocycles. The zero-order chi connectivity index (χ0) is 19.5. The van der Waals surface area contributed by atoms with Gasteiger partial charge in [0.15, 0.2) is 0 Å². The van der Waals surface area contributed by atoms with Crippen molar-refractivity contribution in [2.75, 3.05) is 21.1 Å². The maximum atomic E-state index is 12.4. The Hall–Kier alpha value is -1.97. The van der Waals surface area contributed by atoms with Crippen molar-refractivity contribution in [2.45, 2.75) is 18.0 Å². The Kier molecular flexibility index (Phi) is 6.38. The van der Waals surface area contributed by atoms with Crippen LogP contribution in [0.2, 0.25) is 0 Å². The number of hydrogen-bond donors (Lipinski definition) is 0. The molecule has 0 unspecified atom stereocenters. The molecule has 1 heterocycles. The van der Waals surface area contributed by atoms with Gasteiger partial charge in [0.2, 0.25) is 15.9 Å². The first-order chi connectivity index (χ1) is 12.1. The van der Waals surface area contributed by atoms with Crippen LogP contribution in [0.3, 0.4) is 0 Å². The van der Waals surface area contributed by atoms with E-state index in [1.165, 1.54) is 31.3 Å². The second kappa shape index (κ2) is 8.15. The predicted molar refractivity (Wildman–Crippen MR) is 102 cm³/mol. The van der Waals surface area contributed by atoms with Crippen LogP contribution in [0.25, 0.3) is 0 Å². The van der Waals surface area contributed by atoms with Gasteiger partial charge < -0.3 is 9.47 Å². The van der Waals surface area contributed by atoms with Crippen LogP contribution in [0.1, 0.15) is 5.56 Å². The predicted octanol–water partition coefficient (Wildman–Crippen LogP) is 1.52. The summed E-state index contributed by atoms with van der Waals surface area (Å²) in [5.41, 5.74) is 0.508. The van der Waals surface area contributed by atoms with E-state index in [-0.39, 0.29) is 17.3 Å². The van der Waals surface area contributed by atoms with Crippen molar-refractivity contribution >= 4 is 31.9 Å². The topological polar surface area (TPSA) is 79.7 Å². The normalized spacial score (nSPS) is 11.6. The van der Waals surface area contributed by atoms with Gasteiger partial charge in [-0.2, -0.15) is 0 Å². The van der Waals surface area contributed by atoms with E-state index in [0.29, 0.717) is 6.54 Å². The number of halogens is 1. The van der Waals surface area contributed by atoms with Gasteiger partial charge in [-0.05, 0) is 23.8 Å². The Balaban J connectivity index is 2.18. The van der Waals surface area contributed by atoms with E-state index in [1.54, 1.807) is 7.05 Å². The molecule has 0 aliphatic heterocycles. The van der Waals surface area contributed by atoms with Gasteiger partial charge in [0, 0.05) is 44.4 Å². The highest BCUT2D eigenvalue weighted by Crippen LogP contribution is 2.13. The van der Waals surface area contributed by atoms with Crippen LogP contribution in [0.4, 0.5) is 0 Å². The Morgan fingerprint density at radius 3 is 2.27 bits per heavy atom. The van der Waals surface area contributed by atoms with E-state index in [2.05, 4.69) is 15.9 Å². The molecular weight excluding hydrogens is 422 g/mol. The Bertz CT molecular complexity index is 953. The SMILES string of the molecule is CN(Cc1ccc(Br)cc1)C(=O)Cn1cc(S(=O)(=O)N(C)C)ccc1=O. The number of likely N-dealkylation sites (N-methyl/N-ethyl adjacent to an activating group) is 1. The summed E-state index contributed by atoms with van der Waals surface area (Å²) in [6, 6.07) is 9.94. The number of amides is 1. The monoisotopic (exact) mass is 441 g/mol. The van der Waals surface area contributed by atoms with Crippen LogP contribution in [0, 0.1) is 0 Å². The average Bonchev–Trinajstić information content (AvgIpc) is 2.58. The van der Waals surface area contributed by atoms with Gasteiger partial charge in [0.05, 0.1) is 4.90 Å². The number of nitrogens with zero attached hydrogens (tertiary/aromatic N) is 3. The molecule has 0 atom stereocenters. The molecule has 0 radical (unpaired) electrons. The highest BCUT2D eigenvalue weighted by Gasteiger charge is 2.19.